The Balaban J connectivity index is 0.00000107. The molecule has 5 aromatic rings. The fourth-order valence-electron chi connectivity index (χ4n) is 5.65. The molecule has 0 spiro atoms. The van der Waals surface area contributed by atoms with Gasteiger partial charge < -0.3 is 34.6 Å². The minimum absolute atomic E-state index is 0.0110. The van der Waals surface area contributed by atoms with E-state index in [1.807, 2.05) is 46.2 Å². The number of hydrogen-bond acceptors (Lipinski definition) is 9. The Hall–Kier alpha value is -5.14. The highest BCUT2D eigenvalue weighted by Gasteiger charge is 2.23. The molecule has 5 rings (SSSR count). The van der Waals surface area contributed by atoms with E-state index in [-0.39, 0.29) is 18.5 Å². The third-order valence-corrected chi connectivity index (χ3v) is 8.15. The summed E-state index contributed by atoms with van der Waals surface area (Å²) in [6.45, 7) is 14.4. The van der Waals surface area contributed by atoms with Crippen LogP contribution in [-0.2, 0) is 32.2 Å². The molecule has 0 radical (unpaired) electrons. The van der Waals surface area contributed by atoms with Gasteiger partial charge in [-0.3, -0.25) is 9.59 Å². The van der Waals surface area contributed by atoms with E-state index in [0.717, 1.165) is 56.7 Å². The number of nitrogens with zero attached hydrogens (tertiary/aromatic N) is 4. The van der Waals surface area contributed by atoms with Crippen molar-refractivity contribution in [3.63, 3.8) is 0 Å². The SMILES string of the molecule is CCC.CCCN(Cc1ncc(-c2ccc(-c3ccc(-c4cnc(CN(CCS)C(=O)CNC)[nH]4)cc3)c3ccccc23)[nH]1)C(=O)OC(C)(C)C.COC=O. The van der Waals surface area contributed by atoms with E-state index in [1.165, 1.54) is 13.5 Å². The first-order chi connectivity index (χ1) is 26.4. The first kappa shape index (κ1) is 44.3. The van der Waals surface area contributed by atoms with E-state index < -0.39 is 5.60 Å². The topological polar surface area (TPSA) is 146 Å². The number of imidazole rings is 2. The molecular weight excluding hydrogens is 715 g/mol. The summed E-state index contributed by atoms with van der Waals surface area (Å²) in [6, 6.07) is 21.0. The van der Waals surface area contributed by atoms with Crippen LogP contribution in [-0.4, -0.2) is 93.4 Å². The third-order valence-electron chi connectivity index (χ3n) is 7.95. The van der Waals surface area contributed by atoms with Gasteiger partial charge in [0.15, 0.2) is 0 Å². The minimum atomic E-state index is -0.566. The first-order valence-corrected chi connectivity index (χ1v) is 19.2. The first-order valence-electron chi connectivity index (χ1n) is 18.6. The summed E-state index contributed by atoms with van der Waals surface area (Å²) in [4.78, 5) is 53.7. The number of aromatic amines is 2. The number of rotatable bonds is 14. The molecule has 2 aromatic heterocycles. The van der Waals surface area contributed by atoms with Gasteiger partial charge in [-0.2, -0.15) is 12.6 Å². The monoisotopic (exact) mass is 771 g/mol. The number of benzene rings is 3. The second kappa shape index (κ2) is 22.3. The molecule has 12 nitrogen and oxygen atoms in total. The maximum Gasteiger partial charge on any atom is 0.410 e. The van der Waals surface area contributed by atoms with E-state index in [2.05, 4.69) is 111 Å². The van der Waals surface area contributed by atoms with Crippen LogP contribution < -0.4 is 5.32 Å². The van der Waals surface area contributed by atoms with Gasteiger partial charge in [0, 0.05) is 24.4 Å². The van der Waals surface area contributed by atoms with Crippen LogP contribution in [0.3, 0.4) is 0 Å². The van der Waals surface area contributed by atoms with E-state index >= 15 is 0 Å². The van der Waals surface area contributed by atoms with Crippen molar-refractivity contribution in [2.24, 2.45) is 0 Å². The number of nitrogens with one attached hydrogen (secondary N) is 3. The van der Waals surface area contributed by atoms with E-state index in [0.29, 0.717) is 44.2 Å². The van der Waals surface area contributed by atoms with Crippen molar-refractivity contribution in [3.8, 4) is 33.6 Å². The van der Waals surface area contributed by atoms with Crippen molar-refractivity contribution >= 4 is 41.9 Å². The van der Waals surface area contributed by atoms with Crippen molar-refractivity contribution in [2.45, 2.75) is 73.1 Å². The highest BCUT2D eigenvalue weighted by atomic mass is 32.1. The number of methoxy groups -OCH3 is 1. The van der Waals surface area contributed by atoms with Gasteiger partial charge in [-0.05, 0) is 61.7 Å². The zero-order chi connectivity index (χ0) is 40.4. The molecular formula is C42H57N7O5S. The Kier molecular flexibility index (Phi) is 17.9. The second-order valence-electron chi connectivity index (χ2n) is 13.8. The second-order valence-corrected chi connectivity index (χ2v) is 14.2. The lowest BCUT2D eigenvalue weighted by molar-refractivity contribution is -0.130. The lowest BCUT2D eigenvalue weighted by Crippen LogP contribution is -2.38. The number of carbonyl (C=O) groups excluding carboxylic acids is 3. The largest absolute Gasteiger partial charge is 0.471 e. The molecule has 0 aliphatic heterocycles. The predicted octanol–water partition coefficient (Wildman–Crippen LogP) is 8.12. The fraction of sp³-hybridized carbons (Fsp3) is 0.405. The predicted molar refractivity (Wildman–Crippen MR) is 224 cm³/mol. The number of thiol groups is 1. The lowest BCUT2D eigenvalue weighted by Gasteiger charge is -2.26. The number of carbonyl (C=O) groups is 3. The molecule has 0 bridgehead atoms. The molecule has 0 fully saturated rings. The normalized spacial score (nSPS) is 10.8. The van der Waals surface area contributed by atoms with Crippen LogP contribution in [0.1, 0.15) is 66.0 Å². The van der Waals surface area contributed by atoms with Crippen molar-refractivity contribution in [2.75, 3.05) is 39.5 Å². The lowest BCUT2D eigenvalue weighted by atomic mass is 9.93. The van der Waals surface area contributed by atoms with Gasteiger partial charge in [-0.1, -0.05) is 87.9 Å². The van der Waals surface area contributed by atoms with Crippen molar-refractivity contribution < 1.29 is 23.9 Å². The third kappa shape index (κ3) is 13.3. The van der Waals surface area contributed by atoms with Crippen LogP contribution >= 0.6 is 12.6 Å². The molecule has 0 saturated heterocycles. The molecule has 0 aliphatic carbocycles. The molecule has 3 N–H and O–H groups in total. The number of ether oxygens (including phenoxy) is 2. The summed E-state index contributed by atoms with van der Waals surface area (Å²) >= 11 is 4.31. The Labute approximate surface area is 330 Å². The van der Waals surface area contributed by atoms with Crippen LogP contribution in [0.2, 0.25) is 0 Å². The van der Waals surface area contributed by atoms with Gasteiger partial charge in [-0.25, -0.2) is 14.8 Å². The van der Waals surface area contributed by atoms with Crippen LogP contribution in [0.25, 0.3) is 44.4 Å². The summed E-state index contributed by atoms with van der Waals surface area (Å²) in [7, 11) is 3.07. The maximum atomic E-state index is 12.8. The number of fused-ring (bicyclic) bond motifs is 1. The Morgan fingerprint density at radius 1 is 0.818 bits per heavy atom. The molecule has 0 aliphatic rings. The summed E-state index contributed by atoms with van der Waals surface area (Å²) < 4.78 is 9.48. The van der Waals surface area contributed by atoms with Gasteiger partial charge >= 0.3 is 6.09 Å². The highest BCUT2D eigenvalue weighted by molar-refractivity contribution is 7.80. The van der Waals surface area contributed by atoms with Crippen LogP contribution in [0.15, 0.2) is 73.1 Å². The Morgan fingerprint density at radius 2 is 1.35 bits per heavy atom. The molecule has 13 heteroatoms. The summed E-state index contributed by atoms with van der Waals surface area (Å²) in [5.74, 6) is 2.02. The van der Waals surface area contributed by atoms with Crippen molar-refractivity contribution in [1.29, 1.82) is 0 Å². The van der Waals surface area contributed by atoms with Crippen molar-refractivity contribution in [1.82, 2.24) is 35.1 Å². The molecule has 2 amide bonds. The Bertz CT molecular complexity index is 1930. The van der Waals surface area contributed by atoms with Crippen LogP contribution in [0.5, 0.6) is 0 Å². The number of hydrogen-bond donors (Lipinski definition) is 4. The molecule has 0 unspecified atom stereocenters. The van der Waals surface area contributed by atoms with Gasteiger partial charge in [0.2, 0.25) is 5.91 Å². The zero-order valence-corrected chi connectivity index (χ0v) is 34.3. The fourth-order valence-corrected chi connectivity index (χ4v) is 5.89. The molecule has 2 heterocycles. The van der Waals surface area contributed by atoms with Crippen LogP contribution in [0, 0.1) is 0 Å². The van der Waals surface area contributed by atoms with E-state index in [1.54, 1.807) is 16.8 Å². The summed E-state index contributed by atoms with van der Waals surface area (Å²) in [5, 5.41) is 5.14. The van der Waals surface area contributed by atoms with E-state index in [4.69, 9.17) is 9.53 Å². The highest BCUT2D eigenvalue weighted by Crippen LogP contribution is 2.36. The van der Waals surface area contributed by atoms with Crippen LogP contribution in [0.4, 0.5) is 4.79 Å². The van der Waals surface area contributed by atoms with Crippen molar-refractivity contribution in [3.05, 3.63) is 84.7 Å². The van der Waals surface area contributed by atoms with E-state index in [9.17, 15) is 9.59 Å². The maximum absolute atomic E-state index is 12.8. The number of aromatic nitrogens is 4. The minimum Gasteiger partial charge on any atom is -0.471 e. The molecule has 0 saturated carbocycles. The van der Waals surface area contributed by atoms with Gasteiger partial charge in [0.25, 0.3) is 6.47 Å². The summed E-state index contributed by atoms with van der Waals surface area (Å²) in [5.41, 5.74) is 5.47. The molecule has 296 valence electrons. The smallest absolute Gasteiger partial charge is 0.410 e. The van der Waals surface area contributed by atoms with Gasteiger partial charge in [0.1, 0.15) is 17.2 Å². The van der Waals surface area contributed by atoms with Gasteiger partial charge in [0.05, 0.1) is 50.5 Å². The number of amides is 2. The zero-order valence-electron chi connectivity index (χ0n) is 33.4. The Morgan fingerprint density at radius 3 is 1.89 bits per heavy atom. The average molecular weight is 772 g/mol. The quantitative estimate of drug-likeness (QED) is 0.0655. The average Bonchev–Trinajstić information content (AvgIpc) is 3.84. The van der Waals surface area contributed by atoms with Gasteiger partial charge in [-0.15, -0.1) is 0 Å². The molecule has 3 aromatic carbocycles. The number of H-pyrrole nitrogens is 2. The standard InChI is InChI=1S/C37H45N7O3S.C3H8.C2H4O2/c1-6-17-44(36(46)47-37(2,3)4)24-34-40-21-32(42-34)30-16-15-27(28-9-7-8-10-29(28)30)25-11-13-26(14-12-25)31-20-39-33(41-31)23-43(18-19-48)35(45)22-38-5;1-3-2;1-4-2-3/h7-16,20-21,38,48H,6,17-19,22-24H2,1-5H3,(H,39,41)(H,40,42);3H2,1-2H3;2H,1H3. The number of likely N-dealkylation sites (N-methyl/N-ethyl adjacent to an activating group) is 1. The summed E-state index contributed by atoms with van der Waals surface area (Å²) in [6.07, 6.45) is 5.36. The molecule has 55 heavy (non-hydrogen) atoms. The molecule has 0 atom stereocenters.